The summed E-state index contributed by atoms with van der Waals surface area (Å²) < 4.78 is 5.15. The summed E-state index contributed by atoms with van der Waals surface area (Å²) >= 11 is 0. The third-order valence-electron chi connectivity index (χ3n) is 4.27. The molecule has 0 atom stereocenters. The molecule has 0 radical (unpaired) electrons. The minimum Gasteiger partial charge on any atom is -0.427 e. The van der Waals surface area contributed by atoms with Crippen molar-refractivity contribution in [2.45, 2.75) is 33.1 Å². The predicted octanol–water partition coefficient (Wildman–Crippen LogP) is 4.76. The van der Waals surface area contributed by atoms with Gasteiger partial charge in [-0.3, -0.25) is 14.6 Å². The zero-order chi connectivity index (χ0) is 19.2. The first-order chi connectivity index (χ1) is 13.1. The average molecular weight is 362 g/mol. The molecule has 3 rings (SSSR count). The monoisotopic (exact) mass is 362 g/mol. The standard InChI is InChI=1S/C22H22N2O3/c1-3-4-7-16-11-12-18(27-15(2)25)14-19(16)22(26)24-20-10-5-8-17-9-6-13-23-21(17)20/h5-6,8-14H,3-4,7H2,1-2H3,(H,24,26). The predicted molar refractivity (Wildman–Crippen MR) is 106 cm³/mol. The van der Waals surface area contributed by atoms with Crippen LogP contribution in [0.1, 0.15) is 42.6 Å². The highest BCUT2D eigenvalue weighted by Crippen LogP contribution is 2.24. The van der Waals surface area contributed by atoms with Crippen molar-refractivity contribution in [3.8, 4) is 5.75 Å². The Hall–Kier alpha value is -3.21. The van der Waals surface area contributed by atoms with Crippen molar-refractivity contribution in [3.05, 3.63) is 65.9 Å². The molecule has 0 bridgehead atoms. The van der Waals surface area contributed by atoms with Gasteiger partial charge in [-0.2, -0.15) is 0 Å². The quantitative estimate of drug-likeness (QED) is 0.507. The number of hydrogen-bond donors (Lipinski definition) is 1. The molecule has 0 unspecified atom stereocenters. The van der Waals surface area contributed by atoms with Gasteiger partial charge in [0.1, 0.15) is 5.75 Å². The van der Waals surface area contributed by atoms with E-state index < -0.39 is 5.97 Å². The second-order valence-corrected chi connectivity index (χ2v) is 6.35. The van der Waals surface area contributed by atoms with Crippen molar-refractivity contribution in [1.29, 1.82) is 0 Å². The van der Waals surface area contributed by atoms with Crippen LogP contribution in [0.15, 0.2) is 54.7 Å². The molecule has 5 heteroatoms. The number of aromatic nitrogens is 1. The molecular formula is C22H22N2O3. The van der Waals surface area contributed by atoms with Gasteiger partial charge in [-0.25, -0.2) is 0 Å². The molecule has 0 aliphatic carbocycles. The number of para-hydroxylation sites is 1. The smallest absolute Gasteiger partial charge is 0.308 e. The molecular weight excluding hydrogens is 340 g/mol. The molecule has 1 aromatic heterocycles. The third-order valence-corrected chi connectivity index (χ3v) is 4.27. The van der Waals surface area contributed by atoms with Gasteiger partial charge in [0.25, 0.3) is 5.91 Å². The van der Waals surface area contributed by atoms with E-state index in [0.717, 1.165) is 35.7 Å². The summed E-state index contributed by atoms with van der Waals surface area (Å²) in [6.07, 6.45) is 4.49. The fraction of sp³-hybridized carbons (Fsp3) is 0.227. The maximum absolute atomic E-state index is 13.0. The summed E-state index contributed by atoms with van der Waals surface area (Å²) in [5, 5.41) is 3.91. The van der Waals surface area contributed by atoms with E-state index in [1.54, 1.807) is 18.3 Å². The van der Waals surface area contributed by atoms with Gasteiger partial charge in [-0.05, 0) is 42.7 Å². The second-order valence-electron chi connectivity index (χ2n) is 6.35. The van der Waals surface area contributed by atoms with Gasteiger partial charge in [-0.15, -0.1) is 0 Å². The Morgan fingerprint density at radius 2 is 1.93 bits per heavy atom. The number of aryl methyl sites for hydroxylation is 1. The van der Waals surface area contributed by atoms with Crippen LogP contribution in [0.5, 0.6) is 5.75 Å². The van der Waals surface area contributed by atoms with E-state index in [9.17, 15) is 9.59 Å². The number of nitrogens with one attached hydrogen (secondary N) is 1. The van der Waals surface area contributed by atoms with Gasteiger partial charge in [0.2, 0.25) is 0 Å². The minimum absolute atomic E-state index is 0.242. The minimum atomic E-state index is -0.416. The fourth-order valence-electron chi connectivity index (χ4n) is 2.98. The first-order valence-electron chi connectivity index (χ1n) is 9.05. The first-order valence-corrected chi connectivity index (χ1v) is 9.05. The number of unbranched alkanes of at least 4 members (excludes halogenated alkanes) is 1. The molecule has 0 fully saturated rings. The van der Waals surface area contributed by atoms with Crippen molar-refractivity contribution in [3.63, 3.8) is 0 Å². The number of benzene rings is 2. The highest BCUT2D eigenvalue weighted by molar-refractivity contribution is 6.09. The number of anilines is 1. The molecule has 2 aromatic carbocycles. The molecule has 0 saturated carbocycles. The number of fused-ring (bicyclic) bond motifs is 1. The number of hydrogen-bond acceptors (Lipinski definition) is 4. The third kappa shape index (κ3) is 4.50. The van der Waals surface area contributed by atoms with Crippen LogP contribution in [0.25, 0.3) is 10.9 Å². The number of amides is 1. The molecule has 0 aliphatic heterocycles. The summed E-state index contributed by atoms with van der Waals surface area (Å²) in [4.78, 5) is 28.6. The van der Waals surface area contributed by atoms with Crippen LogP contribution < -0.4 is 10.1 Å². The molecule has 138 valence electrons. The Balaban J connectivity index is 1.94. The van der Waals surface area contributed by atoms with Crippen LogP contribution in [0, 0.1) is 0 Å². The summed E-state index contributed by atoms with van der Waals surface area (Å²) in [5.41, 5.74) is 2.82. The lowest BCUT2D eigenvalue weighted by atomic mass is 10.0. The van der Waals surface area contributed by atoms with E-state index in [1.165, 1.54) is 6.92 Å². The lowest BCUT2D eigenvalue weighted by Crippen LogP contribution is -2.15. The lowest BCUT2D eigenvalue weighted by molar-refractivity contribution is -0.131. The molecule has 1 amide bonds. The van der Waals surface area contributed by atoms with Crippen molar-refractivity contribution < 1.29 is 14.3 Å². The summed E-state index contributed by atoms with van der Waals surface area (Å²) in [5.74, 6) is -0.293. The maximum Gasteiger partial charge on any atom is 0.308 e. The summed E-state index contributed by atoms with van der Waals surface area (Å²) in [7, 11) is 0. The number of esters is 1. The van der Waals surface area contributed by atoms with Gasteiger partial charge in [0.05, 0.1) is 11.2 Å². The van der Waals surface area contributed by atoms with E-state index in [0.29, 0.717) is 17.0 Å². The molecule has 1 heterocycles. The molecule has 0 aliphatic rings. The van der Waals surface area contributed by atoms with Crippen LogP contribution in [0.4, 0.5) is 5.69 Å². The summed E-state index contributed by atoms with van der Waals surface area (Å²) in [6, 6.07) is 14.7. The van der Waals surface area contributed by atoms with Crippen molar-refractivity contribution in [2.24, 2.45) is 0 Å². The van der Waals surface area contributed by atoms with Crippen LogP contribution in [-0.4, -0.2) is 16.9 Å². The van der Waals surface area contributed by atoms with E-state index in [2.05, 4.69) is 17.2 Å². The van der Waals surface area contributed by atoms with Crippen LogP contribution in [-0.2, 0) is 11.2 Å². The zero-order valence-electron chi connectivity index (χ0n) is 15.5. The van der Waals surface area contributed by atoms with Crippen molar-refractivity contribution in [1.82, 2.24) is 4.98 Å². The Morgan fingerprint density at radius 3 is 2.70 bits per heavy atom. The topological polar surface area (TPSA) is 68.3 Å². The maximum atomic E-state index is 13.0. The zero-order valence-corrected chi connectivity index (χ0v) is 15.5. The number of pyridine rings is 1. The Labute approximate surface area is 158 Å². The van der Waals surface area contributed by atoms with E-state index in [-0.39, 0.29) is 5.91 Å². The summed E-state index contributed by atoms with van der Waals surface area (Å²) in [6.45, 7) is 3.45. The molecule has 0 saturated heterocycles. The van der Waals surface area contributed by atoms with Crippen molar-refractivity contribution >= 4 is 28.5 Å². The van der Waals surface area contributed by atoms with E-state index in [4.69, 9.17) is 4.74 Å². The number of carbonyl (C=O) groups excluding carboxylic acids is 2. The highest BCUT2D eigenvalue weighted by Gasteiger charge is 2.15. The van der Waals surface area contributed by atoms with Gasteiger partial charge in [-0.1, -0.05) is 37.6 Å². The Morgan fingerprint density at radius 1 is 1.11 bits per heavy atom. The van der Waals surface area contributed by atoms with Gasteiger partial charge >= 0.3 is 5.97 Å². The largest absolute Gasteiger partial charge is 0.427 e. The van der Waals surface area contributed by atoms with Crippen molar-refractivity contribution in [2.75, 3.05) is 5.32 Å². The normalized spacial score (nSPS) is 10.6. The van der Waals surface area contributed by atoms with E-state index in [1.807, 2.05) is 36.4 Å². The second kappa shape index (κ2) is 8.45. The van der Waals surface area contributed by atoms with Gasteiger partial charge < -0.3 is 10.1 Å². The molecule has 27 heavy (non-hydrogen) atoms. The number of carbonyl (C=O) groups is 2. The number of nitrogens with zero attached hydrogens (tertiary/aromatic N) is 1. The highest BCUT2D eigenvalue weighted by atomic mass is 16.5. The average Bonchev–Trinajstić information content (AvgIpc) is 2.66. The molecule has 5 nitrogen and oxygen atoms in total. The SMILES string of the molecule is CCCCc1ccc(OC(C)=O)cc1C(=O)Nc1cccc2cccnc12. The Bertz CT molecular complexity index is 977. The molecule has 0 spiro atoms. The molecule has 1 N–H and O–H groups in total. The lowest BCUT2D eigenvalue weighted by Gasteiger charge is -2.13. The number of rotatable bonds is 6. The first kappa shape index (κ1) is 18.6. The molecule has 3 aromatic rings. The van der Waals surface area contributed by atoms with E-state index >= 15 is 0 Å². The van der Waals surface area contributed by atoms with Crippen LogP contribution in [0.2, 0.25) is 0 Å². The fourth-order valence-corrected chi connectivity index (χ4v) is 2.98. The number of ether oxygens (including phenoxy) is 1. The van der Waals surface area contributed by atoms with Gasteiger partial charge in [0.15, 0.2) is 0 Å². The Kier molecular flexibility index (Phi) is 5.81. The van der Waals surface area contributed by atoms with Crippen LogP contribution in [0.3, 0.4) is 0 Å². The van der Waals surface area contributed by atoms with Crippen LogP contribution >= 0.6 is 0 Å². The van der Waals surface area contributed by atoms with Gasteiger partial charge in [0, 0.05) is 24.1 Å².